The van der Waals surface area contributed by atoms with Crippen LogP contribution in [0.2, 0.25) is 0 Å². The van der Waals surface area contributed by atoms with Gasteiger partial charge < -0.3 is 14.6 Å². The number of aryl methyl sites for hydroxylation is 1. The molecule has 0 bridgehead atoms. The quantitative estimate of drug-likeness (QED) is 0.911. The molecule has 6 nitrogen and oxygen atoms in total. The fourth-order valence-corrected chi connectivity index (χ4v) is 3.24. The van der Waals surface area contributed by atoms with Crippen molar-refractivity contribution in [3.05, 3.63) is 41.5 Å². The van der Waals surface area contributed by atoms with Gasteiger partial charge in [-0.3, -0.25) is 4.79 Å². The summed E-state index contributed by atoms with van der Waals surface area (Å²) in [7, 11) is 1.61. The van der Waals surface area contributed by atoms with E-state index in [1.54, 1.807) is 14.0 Å². The van der Waals surface area contributed by atoms with Gasteiger partial charge in [-0.1, -0.05) is 42.6 Å². The predicted molar refractivity (Wildman–Crippen MR) is 88.6 cm³/mol. The monoisotopic (exact) mass is 329 g/mol. The molecule has 2 aromatic rings. The third kappa shape index (κ3) is 3.58. The van der Waals surface area contributed by atoms with E-state index in [1.165, 1.54) is 6.42 Å². The minimum atomic E-state index is -0.479. The van der Waals surface area contributed by atoms with Gasteiger partial charge in [0.1, 0.15) is 11.8 Å². The zero-order valence-electron chi connectivity index (χ0n) is 14.1. The summed E-state index contributed by atoms with van der Waals surface area (Å²) < 4.78 is 10.6. The number of methoxy groups -OCH3 is 1. The van der Waals surface area contributed by atoms with E-state index in [9.17, 15) is 4.79 Å². The van der Waals surface area contributed by atoms with Gasteiger partial charge in [0.05, 0.1) is 7.11 Å². The first-order valence-corrected chi connectivity index (χ1v) is 8.42. The van der Waals surface area contributed by atoms with E-state index in [-0.39, 0.29) is 11.8 Å². The zero-order valence-corrected chi connectivity index (χ0v) is 14.1. The van der Waals surface area contributed by atoms with Crippen LogP contribution in [0.3, 0.4) is 0 Å². The standard InChI is InChI=1S/C18H23N3O3/c1-12-19-17(21-24-12)16(14-10-6-7-11-15(14)23-2)20-18(22)13-8-4-3-5-9-13/h6-7,10-11,13,16H,3-5,8-9H2,1-2H3,(H,20,22)/t16-/m0/s1. The number of nitrogens with zero attached hydrogens (tertiary/aromatic N) is 2. The summed E-state index contributed by atoms with van der Waals surface area (Å²) in [6, 6.07) is 7.10. The third-order valence-corrected chi connectivity index (χ3v) is 4.51. The first kappa shape index (κ1) is 16.5. The van der Waals surface area contributed by atoms with Crippen LogP contribution in [0.25, 0.3) is 0 Å². The van der Waals surface area contributed by atoms with Gasteiger partial charge in [-0.05, 0) is 18.9 Å². The van der Waals surface area contributed by atoms with Gasteiger partial charge >= 0.3 is 0 Å². The first-order chi connectivity index (χ1) is 11.7. The maximum Gasteiger partial charge on any atom is 0.223 e. The number of carbonyl (C=O) groups is 1. The second-order valence-electron chi connectivity index (χ2n) is 6.19. The molecule has 24 heavy (non-hydrogen) atoms. The maximum atomic E-state index is 12.7. The molecule has 1 fully saturated rings. The zero-order chi connectivity index (χ0) is 16.9. The number of benzene rings is 1. The van der Waals surface area contributed by atoms with Crippen LogP contribution in [0.5, 0.6) is 5.75 Å². The second kappa shape index (κ2) is 7.47. The second-order valence-corrected chi connectivity index (χ2v) is 6.19. The Hall–Kier alpha value is -2.37. The summed E-state index contributed by atoms with van der Waals surface area (Å²) in [5.41, 5.74) is 0.824. The van der Waals surface area contributed by atoms with Crippen LogP contribution in [0.1, 0.15) is 55.4 Å². The van der Waals surface area contributed by atoms with Crippen molar-refractivity contribution in [1.82, 2.24) is 15.5 Å². The highest BCUT2D eigenvalue weighted by atomic mass is 16.5. The molecule has 0 radical (unpaired) electrons. The van der Waals surface area contributed by atoms with Crippen LogP contribution in [-0.2, 0) is 4.79 Å². The van der Waals surface area contributed by atoms with Crippen molar-refractivity contribution >= 4 is 5.91 Å². The Morgan fingerprint density at radius 2 is 2.04 bits per heavy atom. The Morgan fingerprint density at radius 1 is 1.29 bits per heavy atom. The highest BCUT2D eigenvalue weighted by molar-refractivity contribution is 5.79. The summed E-state index contributed by atoms with van der Waals surface area (Å²) in [6.45, 7) is 1.73. The van der Waals surface area contributed by atoms with Gasteiger partial charge in [-0.25, -0.2) is 0 Å². The highest BCUT2D eigenvalue weighted by Gasteiger charge is 2.28. The van der Waals surface area contributed by atoms with Crippen LogP contribution in [0.4, 0.5) is 0 Å². The molecule has 1 heterocycles. The molecule has 6 heteroatoms. The van der Waals surface area contributed by atoms with E-state index in [4.69, 9.17) is 9.26 Å². The summed E-state index contributed by atoms with van der Waals surface area (Å²) in [5.74, 6) is 1.71. The van der Waals surface area contributed by atoms with Crippen LogP contribution < -0.4 is 10.1 Å². The minimum absolute atomic E-state index is 0.0491. The SMILES string of the molecule is COc1ccccc1[C@H](NC(=O)C1CCCCC1)c1noc(C)n1. The lowest BCUT2D eigenvalue weighted by Crippen LogP contribution is -2.36. The Bertz CT molecular complexity index is 692. The van der Waals surface area contributed by atoms with E-state index >= 15 is 0 Å². The number of ether oxygens (including phenoxy) is 1. The van der Waals surface area contributed by atoms with Crippen molar-refractivity contribution in [3.8, 4) is 5.75 Å². The number of para-hydroxylation sites is 1. The van der Waals surface area contributed by atoms with Crippen molar-refractivity contribution in [2.45, 2.75) is 45.1 Å². The molecule has 0 aliphatic heterocycles. The van der Waals surface area contributed by atoms with Crippen molar-refractivity contribution in [3.63, 3.8) is 0 Å². The first-order valence-electron chi connectivity index (χ1n) is 8.42. The lowest BCUT2D eigenvalue weighted by molar-refractivity contribution is -0.126. The molecule has 1 N–H and O–H groups in total. The number of amides is 1. The number of hydrogen-bond donors (Lipinski definition) is 1. The minimum Gasteiger partial charge on any atom is -0.496 e. The molecule has 1 aromatic carbocycles. The highest BCUT2D eigenvalue weighted by Crippen LogP contribution is 2.30. The molecular weight excluding hydrogens is 306 g/mol. The molecule has 0 unspecified atom stereocenters. The molecule has 1 saturated carbocycles. The van der Waals surface area contributed by atoms with Gasteiger partial charge in [-0.15, -0.1) is 0 Å². The Balaban J connectivity index is 1.89. The molecular formula is C18H23N3O3. The van der Waals surface area contributed by atoms with Gasteiger partial charge in [0, 0.05) is 18.4 Å². The van der Waals surface area contributed by atoms with E-state index < -0.39 is 6.04 Å². The Labute approximate surface area is 141 Å². The Morgan fingerprint density at radius 3 is 2.71 bits per heavy atom. The molecule has 1 aliphatic rings. The smallest absolute Gasteiger partial charge is 0.223 e. The number of nitrogens with one attached hydrogen (secondary N) is 1. The van der Waals surface area contributed by atoms with Gasteiger partial charge in [0.2, 0.25) is 11.8 Å². The van der Waals surface area contributed by atoms with Gasteiger partial charge in [0.15, 0.2) is 5.82 Å². The fraction of sp³-hybridized carbons (Fsp3) is 0.500. The van der Waals surface area contributed by atoms with Crippen LogP contribution in [0, 0.1) is 12.8 Å². The summed E-state index contributed by atoms with van der Waals surface area (Å²) in [4.78, 5) is 17.0. The molecule has 1 amide bonds. The van der Waals surface area contributed by atoms with Crippen LogP contribution in [-0.4, -0.2) is 23.2 Å². The molecule has 0 saturated heterocycles. The molecule has 128 valence electrons. The number of hydrogen-bond acceptors (Lipinski definition) is 5. The van der Waals surface area contributed by atoms with Crippen molar-refractivity contribution in [2.75, 3.05) is 7.11 Å². The predicted octanol–water partition coefficient (Wildman–Crippen LogP) is 3.17. The van der Waals surface area contributed by atoms with E-state index in [0.29, 0.717) is 17.5 Å². The number of carbonyl (C=O) groups excluding carboxylic acids is 1. The lowest BCUT2D eigenvalue weighted by Gasteiger charge is -2.24. The van der Waals surface area contributed by atoms with E-state index in [2.05, 4.69) is 15.5 Å². The summed E-state index contributed by atoms with van der Waals surface area (Å²) in [6.07, 6.45) is 5.31. The largest absolute Gasteiger partial charge is 0.496 e. The molecule has 0 spiro atoms. The summed E-state index contributed by atoms with van der Waals surface area (Å²) in [5, 5.41) is 7.11. The van der Waals surface area contributed by atoms with Gasteiger partial charge in [0.25, 0.3) is 0 Å². The lowest BCUT2D eigenvalue weighted by atomic mass is 9.88. The molecule has 1 aliphatic carbocycles. The van der Waals surface area contributed by atoms with Crippen LogP contribution in [0.15, 0.2) is 28.8 Å². The van der Waals surface area contributed by atoms with E-state index in [0.717, 1.165) is 31.2 Å². The van der Waals surface area contributed by atoms with Gasteiger partial charge in [-0.2, -0.15) is 4.98 Å². The summed E-state index contributed by atoms with van der Waals surface area (Å²) >= 11 is 0. The maximum absolute atomic E-state index is 12.7. The van der Waals surface area contributed by atoms with Crippen molar-refractivity contribution in [1.29, 1.82) is 0 Å². The average Bonchev–Trinajstić information content (AvgIpc) is 3.06. The Kier molecular flexibility index (Phi) is 5.13. The number of aromatic nitrogens is 2. The number of rotatable bonds is 5. The molecule has 3 rings (SSSR count). The fourth-order valence-electron chi connectivity index (χ4n) is 3.24. The molecule has 1 atom stereocenters. The average molecular weight is 329 g/mol. The molecule has 1 aromatic heterocycles. The van der Waals surface area contributed by atoms with Crippen molar-refractivity contribution in [2.24, 2.45) is 5.92 Å². The topological polar surface area (TPSA) is 77.2 Å². The van der Waals surface area contributed by atoms with E-state index in [1.807, 2.05) is 24.3 Å². The van der Waals surface area contributed by atoms with Crippen molar-refractivity contribution < 1.29 is 14.1 Å². The normalized spacial score (nSPS) is 16.6. The van der Waals surface area contributed by atoms with Crippen LogP contribution >= 0.6 is 0 Å². The third-order valence-electron chi connectivity index (χ3n) is 4.51.